The molecule has 0 fully saturated rings. The Balaban J connectivity index is 1.79. The lowest BCUT2D eigenvalue weighted by atomic mass is 10.2. The highest BCUT2D eigenvalue weighted by atomic mass is 35.5. The van der Waals surface area contributed by atoms with E-state index < -0.39 is 0 Å². The highest BCUT2D eigenvalue weighted by Crippen LogP contribution is 2.26. The molecule has 0 aliphatic carbocycles. The van der Waals surface area contributed by atoms with Crippen LogP contribution in [0.4, 0.5) is 5.88 Å². The summed E-state index contributed by atoms with van der Waals surface area (Å²) in [7, 11) is 0. The van der Waals surface area contributed by atoms with E-state index in [9.17, 15) is 0 Å². The zero-order valence-corrected chi connectivity index (χ0v) is 11.6. The topological polar surface area (TPSA) is 75.0 Å². The van der Waals surface area contributed by atoms with Gasteiger partial charge in [0, 0.05) is 11.6 Å². The third-order valence-corrected chi connectivity index (χ3v) is 3.08. The van der Waals surface area contributed by atoms with Gasteiger partial charge in [0.05, 0.1) is 6.26 Å². The highest BCUT2D eigenvalue weighted by Gasteiger charge is 2.15. The minimum Gasteiger partial charge on any atom is -0.459 e. The van der Waals surface area contributed by atoms with E-state index in [4.69, 9.17) is 25.7 Å². The first-order chi connectivity index (χ1) is 10.3. The van der Waals surface area contributed by atoms with Crippen LogP contribution in [-0.2, 0) is 6.54 Å². The van der Waals surface area contributed by atoms with E-state index in [2.05, 4.69) is 10.3 Å². The molecular formula is C15H10ClN3O2. The third kappa shape index (κ3) is 2.91. The van der Waals surface area contributed by atoms with E-state index in [0.717, 1.165) is 5.56 Å². The summed E-state index contributed by atoms with van der Waals surface area (Å²) in [4.78, 5) is 4.09. The molecule has 5 nitrogen and oxygen atoms in total. The number of nitrogens with one attached hydrogen (secondary N) is 1. The number of benzene rings is 1. The number of anilines is 1. The van der Waals surface area contributed by atoms with Crippen LogP contribution in [-0.4, -0.2) is 4.98 Å². The molecule has 1 N–H and O–H groups in total. The van der Waals surface area contributed by atoms with E-state index in [1.54, 1.807) is 24.3 Å². The summed E-state index contributed by atoms with van der Waals surface area (Å²) in [5.41, 5.74) is 1.20. The number of hydrogen-bond donors (Lipinski definition) is 1. The van der Waals surface area contributed by atoms with Gasteiger partial charge in [0.1, 0.15) is 6.07 Å². The second-order valence-electron chi connectivity index (χ2n) is 4.27. The molecule has 2 aromatic heterocycles. The van der Waals surface area contributed by atoms with E-state index in [1.807, 2.05) is 18.2 Å². The number of halogens is 1. The fourth-order valence-corrected chi connectivity index (χ4v) is 1.93. The maximum absolute atomic E-state index is 9.10. The molecule has 1 aromatic carbocycles. The number of nitrogens with zero attached hydrogens (tertiary/aromatic N) is 2. The van der Waals surface area contributed by atoms with Crippen LogP contribution in [0, 0.1) is 11.3 Å². The second kappa shape index (κ2) is 5.73. The minimum absolute atomic E-state index is 0.190. The van der Waals surface area contributed by atoms with Crippen molar-refractivity contribution in [3.05, 3.63) is 58.9 Å². The monoisotopic (exact) mass is 299 g/mol. The first kappa shape index (κ1) is 13.3. The van der Waals surface area contributed by atoms with Crippen molar-refractivity contribution in [1.82, 2.24) is 4.98 Å². The molecule has 0 bridgehead atoms. The normalized spacial score (nSPS) is 10.3. The molecule has 0 unspecified atom stereocenters. The first-order valence-corrected chi connectivity index (χ1v) is 6.57. The summed E-state index contributed by atoms with van der Waals surface area (Å²) in [6.07, 6.45) is 1.52. The average Bonchev–Trinajstić information content (AvgIpc) is 3.15. The van der Waals surface area contributed by atoms with Gasteiger partial charge in [0.2, 0.25) is 11.6 Å². The van der Waals surface area contributed by atoms with Gasteiger partial charge in [-0.05, 0) is 29.8 Å². The summed E-state index contributed by atoms with van der Waals surface area (Å²) in [5.74, 6) is 1.07. The van der Waals surface area contributed by atoms with Crippen LogP contribution in [0.15, 0.2) is 51.5 Å². The molecule has 0 aliphatic rings. The van der Waals surface area contributed by atoms with Crippen molar-refractivity contribution in [1.29, 1.82) is 5.26 Å². The van der Waals surface area contributed by atoms with Crippen LogP contribution >= 0.6 is 11.6 Å². The van der Waals surface area contributed by atoms with Crippen molar-refractivity contribution < 1.29 is 8.83 Å². The van der Waals surface area contributed by atoms with Crippen LogP contribution in [0.5, 0.6) is 0 Å². The second-order valence-corrected chi connectivity index (χ2v) is 4.70. The van der Waals surface area contributed by atoms with Crippen molar-refractivity contribution in [2.45, 2.75) is 6.54 Å². The van der Waals surface area contributed by atoms with E-state index in [-0.39, 0.29) is 11.6 Å². The summed E-state index contributed by atoms with van der Waals surface area (Å²) in [5, 5.41) is 12.8. The molecule has 3 aromatic rings. The van der Waals surface area contributed by atoms with Crippen molar-refractivity contribution >= 4 is 17.5 Å². The molecule has 0 saturated heterocycles. The molecule has 6 heteroatoms. The predicted molar refractivity (Wildman–Crippen MR) is 77.7 cm³/mol. The molecule has 21 heavy (non-hydrogen) atoms. The summed E-state index contributed by atoms with van der Waals surface area (Å²) >= 11 is 5.83. The Morgan fingerprint density at radius 1 is 1.24 bits per heavy atom. The number of hydrogen-bond acceptors (Lipinski definition) is 5. The van der Waals surface area contributed by atoms with Gasteiger partial charge in [-0.25, -0.2) is 0 Å². The van der Waals surface area contributed by atoms with Crippen molar-refractivity contribution in [2.75, 3.05) is 5.32 Å². The Morgan fingerprint density at radius 2 is 2.05 bits per heavy atom. The Hall–Kier alpha value is -2.71. The van der Waals surface area contributed by atoms with Crippen molar-refractivity contribution in [3.63, 3.8) is 0 Å². The Labute approximate surface area is 125 Å². The number of rotatable bonds is 4. The molecule has 0 saturated carbocycles. The van der Waals surface area contributed by atoms with Gasteiger partial charge in [0.25, 0.3) is 5.89 Å². The van der Waals surface area contributed by atoms with Gasteiger partial charge < -0.3 is 14.2 Å². The number of furan rings is 1. The zero-order valence-electron chi connectivity index (χ0n) is 10.8. The SMILES string of the molecule is N#Cc1nc(-c2ccco2)oc1NCc1ccc(Cl)cc1. The molecule has 0 amide bonds. The van der Waals surface area contributed by atoms with Crippen molar-refractivity contribution in [3.8, 4) is 17.7 Å². The Bertz CT molecular complexity index is 770. The van der Waals surface area contributed by atoms with Gasteiger partial charge in [0.15, 0.2) is 5.76 Å². The molecule has 0 aliphatic heterocycles. The third-order valence-electron chi connectivity index (χ3n) is 2.83. The maximum atomic E-state index is 9.10. The Kier molecular flexibility index (Phi) is 3.63. The number of oxazole rings is 1. The fraction of sp³-hybridized carbons (Fsp3) is 0.0667. The van der Waals surface area contributed by atoms with Gasteiger partial charge in [-0.2, -0.15) is 10.2 Å². The van der Waals surface area contributed by atoms with E-state index in [0.29, 0.717) is 23.2 Å². The molecule has 0 radical (unpaired) electrons. The van der Waals surface area contributed by atoms with Gasteiger partial charge in [-0.15, -0.1) is 0 Å². The van der Waals surface area contributed by atoms with Gasteiger partial charge >= 0.3 is 0 Å². The van der Waals surface area contributed by atoms with Gasteiger partial charge in [-0.1, -0.05) is 23.7 Å². The maximum Gasteiger partial charge on any atom is 0.266 e. The molecule has 3 rings (SSSR count). The van der Waals surface area contributed by atoms with Crippen molar-refractivity contribution in [2.24, 2.45) is 0 Å². The van der Waals surface area contributed by atoms with Crippen LogP contribution in [0.2, 0.25) is 5.02 Å². The fourth-order valence-electron chi connectivity index (χ4n) is 1.81. The minimum atomic E-state index is 0.190. The lowest BCUT2D eigenvalue weighted by Crippen LogP contribution is -1.99. The summed E-state index contributed by atoms with van der Waals surface area (Å²) < 4.78 is 10.7. The lowest BCUT2D eigenvalue weighted by molar-refractivity contribution is 0.523. The van der Waals surface area contributed by atoms with E-state index >= 15 is 0 Å². The largest absolute Gasteiger partial charge is 0.459 e. The Morgan fingerprint density at radius 3 is 2.71 bits per heavy atom. The van der Waals surface area contributed by atoms with Crippen LogP contribution in [0.1, 0.15) is 11.3 Å². The number of aromatic nitrogens is 1. The number of nitriles is 1. The molecule has 2 heterocycles. The molecule has 0 spiro atoms. The molecular weight excluding hydrogens is 290 g/mol. The zero-order chi connectivity index (χ0) is 14.7. The smallest absolute Gasteiger partial charge is 0.266 e. The summed E-state index contributed by atoms with van der Waals surface area (Å²) in [6.45, 7) is 0.499. The standard InChI is InChI=1S/C15H10ClN3O2/c16-11-5-3-10(4-6-11)9-18-14-12(8-17)19-15(21-14)13-2-1-7-20-13/h1-7,18H,9H2. The molecule has 0 atom stereocenters. The molecule has 104 valence electrons. The lowest BCUT2D eigenvalue weighted by Gasteiger charge is -2.03. The summed E-state index contributed by atoms with van der Waals surface area (Å²) in [6, 6.07) is 12.8. The first-order valence-electron chi connectivity index (χ1n) is 6.19. The van der Waals surface area contributed by atoms with E-state index in [1.165, 1.54) is 6.26 Å². The van der Waals surface area contributed by atoms with Crippen LogP contribution in [0.25, 0.3) is 11.7 Å². The van der Waals surface area contributed by atoms with Crippen LogP contribution in [0.3, 0.4) is 0 Å². The predicted octanol–water partition coefficient (Wildman–Crippen LogP) is 4.07. The quantitative estimate of drug-likeness (QED) is 0.786. The van der Waals surface area contributed by atoms with Crippen LogP contribution < -0.4 is 5.32 Å². The van der Waals surface area contributed by atoms with Gasteiger partial charge in [-0.3, -0.25) is 0 Å². The highest BCUT2D eigenvalue weighted by molar-refractivity contribution is 6.30. The average molecular weight is 300 g/mol.